The number of halogens is 1. The van der Waals surface area contributed by atoms with E-state index in [4.69, 9.17) is 4.74 Å². The summed E-state index contributed by atoms with van der Waals surface area (Å²) in [5.74, 6) is 1.74. The summed E-state index contributed by atoms with van der Waals surface area (Å²) in [5, 5.41) is 6.70. The monoisotopic (exact) mass is 448 g/mol. The third-order valence-electron chi connectivity index (χ3n) is 3.74. The highest BCUT2D eigenvalue weighted by Gasteiger charge is 2.01. The summed E-state index contributed by atoms with van der Waals surface area (Å²) >= 11 is 0. The van der Waals surface area contributed by atoms with E-state index in [1.165, 1.54) is 0 Å². The van der Waals surface area contributed by atoms with Gasteiger partial charge in [-0.05, 0) is 50.7 Å². The number of nitrogens with one attached hydrogen (secondary N) is 2. The summed E-state index contributed by atoms with van der Waals surface area (Å²) in [6.45, 7) is 12.3. The lowest BCUT2D eigenvalue weighted by Crippen LogP contribution is -2.38. The van der Waals surface area contributed by atoms with Crippen LogP contribution >= 0.6 is 24.0 Å². The predicted molar refractivity (Wildman–Crippen MR) is 114 cm³/mol. The fourth-order valence-corrected chi connectivity index (χ4v) is 2.33. The van der Waals surface area contributed by atoms with Crippen LogP contribution in [-0.2, 0) is 6.54 Å². The van der Waals surface area contributed by atoms with Crippen molar-refractivity contribution in [2.75, 3.05) is 39.8 Å². The Morgan fingerprint density at radius 3 is 2.54 bits per heavy atom. The third-order valence-corrected chi connectivity index (χ3v) is 3.74. The number of nitrogens with zero attached hydrogens (tertiary/aromatic N) is 2. The van der Waals surface area contributed by atoms with E-state index in [1.54, 1.807) is 7.11 Å². The van der Waals surface area contributed by atoms with Gasteiger partial charge in [0.05, 0.1) is 13.7 Å². The van der Waals surface area contributed by atoms with Crippen LogP contribution in [0.3, 0.4) is 0 Å². The quantitative estimate of drug-likeness (QED) is 0.250. The molecule has 0 fully saturated rings. The summed E-state index contributed by atoms with van der Waals surface area (Å²) in [6, 6.07) is 8.03. The van der Waals surface area contributed by atoms with Gasteiger partial charge < -0.3 is 20.3 Å². The van der Waals surface area contributed by atoms with Crippen molar-refractivity contribution in [2.24, 2.45) is 4.99 Å². The average Bonchev–Trinajstić information content (AvgIpc) is 2.59. The standard InChI is InChI=1S/C18H32N4O.HI/c1-5-19-18(20-12-9-13-22(6-2)7-3)21-15-16-10-8-11-17(14-16)23-4;/h8,10-11,14H,5-7,9,12-13,15H2,1-4H3,(H2,19,20,21);1H. The zero-order chi connectivity index (χ0) is 16.9. The van der Waals surface area contributed by atoms with E-state index in [9.17, 15) is 0 Å². The molecule has 0 radical (unpaired) electrons. The van der Waals surface area contributed by atoms with Gasteiger partial charge in [0.15, 0.2) is 5.96 Å². The zero-order valence-corrected chi connectivity index (χ0v) is 17.8. The van der Waals surface area contributed by atoms with Crippen molar-refractivity contribution in [3.63, 3.8) is 0 Å². The third kappa shape index (κ3) is 9.32. The molecule has 0 aliphatic carbocycles. The molecule has 0 atom stereocenters. The minimum atomic E-state index is 0. The lowest BCUT2D eigenvalue weighted by molar-refractivity contribution is 0.300. The Hall–Kier alpha value is -1.02. The Labute approximate surface area is 164 Å². The number of methoxy groups -OCH3 is 1. The smallest absolute Gasteiger partial charge is 0.191 e. The molecule has 0 aliphatic rings. The molecule has 0 bridgehead atoms. The first-order chi connectivity index (χ1) is 11.2. The van der Waals surface area contributed by atoms with Crippen molar-refractivity contribution in [1.82, 2.24) is 15.5 Å². The minimum absolute atomic E-state index is 0. The Bertz CT molecular complexity index is 464. The van der Waals surface area contributed by atoms with Gasteiger partial charge in [-0.3, -0.25) is 0 Å². The van der Waals surface area contributed by atoms with Crippen LogP contribution in [0.4, 0.5) is 0 Å². The van der Waals surface area contributed by atoms with Gasteiger partial charge in [0.25, 0.3) is 0 Å². The molecular formula is C18H33IN4O. The number of benzene rings is 1. The number of aliphatic imine (C=N–C) groups is 1. The second-order valence-electron chi connectivity index (χ2n) is 5.35. The van der Waals surface area contributed by atoms with E-state index in [0.717, 1.165) is 56.4 Å². The Kier molecular flexibility index (Phi) is 13.7. The number of ether oxygens (including phenoxy) is 1. The van der Waals surface area contributed by atoms with Crippen molar-refractivity contribution >= 4 is 29.9 Å². The number of guanidine groups is 1. The van der Waals surface area contributed by atoms with Gasteiger partial charge in [-0.2, -0.15) is 0 Å². The maximum Gasteiger partial charge on any atom is 0.191 e. The Morgan fingerprint density at radius 2 is 1.92 bits per heavy atom. The lowest BCUT2D eigenvalue weighted by atomic mass is 10.2. The maximum absolute atomic E-state index is 5.25. The minimum Gasteiger partial charge on any atom is -0.497 e. The van der Waals surface area contributed by atoms with E-state index in [1.807, 2.05) is 18.2 Å². The predicted octanol–water partition coefficient (Wildman–Crippen LogP) is 3.10. The maximum atomic E-state index is 5.25. The summed E-state index contributed by atoms with van der Waals surface area (Å²) in [6.07, 6.45) is 1.12. The summed E-state index contributed by atoms with van der Waals surface area (Å²) in [4.78, 5) is 7.07. The second kappa shape index (κ2) is 14.3. The van der Waals surface area contributed by atoms with Crippen molar-refractivity contribution in [1.29, 1.82) is 0 Å². The lowest BCUT2D eigenvalue weighted by Gasteiger charge is -2.18. The molecule has 5 nitrogen and oxygen atoms in total. The highest BCUT2D eigenvalue weighted by Crippen LogP contribution is 2.13. The number of hydrogen-bond acceptors (Lipinski definition) is 3. The molecule has 0 saturated carbocycles. The highest BCUT2D eigenvalue weighted by molar-refractivity contribution is 14.0. The van der Waals surface area contributed by atoms with Gasteiger partial charge in [0, 0.05) is 13.1 Å². The van der Waals surface area contributed by atoms with Crippen molar-refractivity contribution in [2.45, 2.75) is 33.7 Å². The molecule has 0 aromatic heterocycles. The van der Waals surface area contributed by atoms with E-state index >= 15 is 0 Å². The van der Waals surface area contributed by atoms with Gasteiger partial charge in [-0.15, -0.1) is 24.0 Å². The second-order valence-corrected chi connectivity index (χ2v) is 5.35. The van der Waals surface area contributed by atoms with Crippen LogP contribution in [0.1, 0.15) is 32.8 Å². The molecule has 0 amide bonds. The molecule has 0 heterocycles. The van der Waals surface area contributed by atoms with Crippen LogP contribution in [0.2, 0.25) is 0 Å². The number of hydrogen-bond donors (Lipinski definition) is 2. The van der Waals surface area contributed by atoms with E-state index in [0.29, 0.717) is 6.54 Å². The highest BCUT2D eigenvalue weighted by atomic mass is 127. The van der Waals surface area contributed by atoms with Crippen LogP contribution < -0.4 is 15.4 Å². The molecule has 0 spiro atoms. The fraction of sp³-hybridized carbons (Fsp3) is 0.611. The van der Waals surface area contributed by atoms with Crippen LogP contribution in [0.15, 0.2) is 29.3 Å². The summed E-state index contributed by atoms with van der Waals surface area (Å²) < 4.78 is 5.25. The van der Waals surface area contributed by atoms with Gasteiger partial charge in [0.1, 0.15) is 5.75 Å². The van der Waals surface area contributed by atoms with E-state index in [-0.39, 0.29) is 24.0 Å². The van der Waals surface area contributed by atoms with Crippen molar-refractivity contribution in [3.05, 3.63) is 29.8 Å². The van der Waals surface area contributed by atoms with Gasteiger partial charge in [0.2, 0.25) is 0 Å². The van der Waals surface area contributed by atoms with Gasteiger partial charge in [-0.1, -0.05) is 26.0 Å². The first kappa shape index (κ1) is 23.0. The molecule has 0 unspecified atom stereocenters. The van der Waals surface area contributed by atoms with E-state index < -0.39 is 0 Å². The van der Waals surface area contributed by atoms with Gasteiger partial charge in [-0.25, -0.2) is 4.99 Å². The first-order valence-corrected chi connectivity index (χ1v) is 8.60. The fourth-order valence-electron chi connectivity index (χ4n) is 2.33. The molecular weight excluding hydrogens is 415 g/mol. The van der Waals surface area contributed by atoms with E-state index in [2.05, 4.69) is 47.4 Å². The van der Waals surface area contributed by atoms with Crippen LogP contribution in [0, 0.1) is 0 Å². The van der Waals surface area contributed by atoms with Crippen LogP contribution in [0.5, 0.6) is 5.75 Å². The molecule has 1 rings (SSSR count). The van der Waals surface area contributed by atoms with Crippen molar-refractivity contribution < 1.29 is 4.74 Å². The largest absolute Gasteiger partial charge is 0.497 e. The van der Waals surface area contributed by atoms with Crippen LogP contribution in [-0.4, -0.2) is 50.7 Å². The average molecular weight is 448 g/mol. The van der Waals surface area contributed by atoms with Gasteiger partial charge >= 0.3 is 0 Å². The van der Waals surface area contributed by atoms with Crippen LogP contribution in [0.25, 0.3) is 0 Å². The summed E-state index contributed by atoms with van der Waals surface area (Å²) in [5.41, 5.74) is 1.14. The molecule has 1 aromatic carbocycles. The SMILES string of the molecule is CCNC(=NCc1cccc(OC)c1)NCCCN(CC)CC.I. The molecule has 24 heavy (non-hydrogen) atoms. The molecule has 0 aliphatic heterocycles. The first-order valence-electron chi connectivity index (χ1n) is 8.60. The van der Waals surface area contributed by atoms with Crippen molar-refractivity contribution in [3.8, 4) is 5.75 Å². The zero-order valence-electron chi connectivity index (χ0n) is 15.5. The number of rotatable bonds is 10. The summed E-state index contributed by atoms with van der Waals surface area (Å²) in [7, 11) is 1.68. The molecule has 138 valence electrons. The molecule has 2 N–H and O–H groups in total. The molecule has 6 heteroatoms. The molecule has 0 saturated heterocycles. The topological polar surface area (TPSA) is 48.9 Å². The Morgan fingerprint density at radius 1 is 1.17 bits per heavy atom. The normalized spacial score (nSPS) is 11.1. The molecule has 1 aromatic rings. The Balaban J connectivity index is 0.00000529.